The zero-order chi connectivity index (χ0) is 16.3. The van der Waals surface area contributed by atoms with Gasteiger partial charge in [-0.25, -0.2) is 0 Å². The lowest BCUT2D eigenvalue weighted by Gasteiger charge is -2.53. The normalized spacial score (nSPS) is 40.0. The monoisotopic (exact) mass is 320 g/mol. The van der Waals surface area contributed by atoms with Crippen molar-refractivity contribution in [3.8, 4) is 0 Å². The molecule has 3 rings (SSSR count). The van der Waals surface area contributed by atoms with E-state index in [0.717, 1.165) is 30.3 Å². The molecular formula is C22H40O. The molecule has 5 atom stereocenters. The molecule has 0 heterocycles. The van der Waals surface area contributed by atoms with Crippen LogP contribution in [0.25, 0.3) is 0 Å². The largest absolute Gasteiger partial charge is 0.378 e. The average Bonchev–Trinajstić information content (AvgIpc) is 2.54. The second kappa shape index (κ2) is 7.89. The molecular weight excluding hydrogens is 280 g/mol. The molecule has 0 N–H and O–H groups in total. The summed E-state index contributed by atoms with van der Waals surface area (Å²) in [4.78, 5) is 0. The van der Waals surface area contributed by atoms with Crippen molar-refractivity contribution >= 4 is 0 Å². The van der Waals surface area contributed by atoms with Crippen LogP contribution < -0.4 is 0 Å². The van der Waals surface area contributed by atoms with Gasteiger partial charge in [-0.3, -0.25) is 0 Å². The molecule has 5 unspecified atom stereocenters. The molecule has 0 spiro atoms. The van der Waals surface area contributed by atoms with E-state index in [1.54, 1.807) is 0 Å². The summed E-state index contributed by atoms with van der Waals surface area (Å²) in [5.41, 5.74) is 0.508. The van der Waals surface area contributed by atoms with Crippen molar-refractivity contribution in [1.82, 2.24) is 0 Å². The molecule has 2 bridgehead atoms. The first-order valence-corrected chi connectivity index (χ1v) is 10.7. The standard InChI is InChI=1S/C22H40O/c1-4-19-13-21-12-17(2)14-22(15-19,16-21)18(3)23-11-10-20-8-6-5-7-9-20/h17-21H,4-16H2,1-3H3. The van der Waals surface area contributed by atoms with Crippen LogP contribution >= 0.6 is 0 Å². The van der Waals surface area contributed by atoms with Gasteiger partial charge in [-0.2, -0.15) is 0 Å². The molecule has 1 heteroatoms. The average molecular weight is 321 g/mol. The second-order valence-electron chi connectivity index (χ2n) is 9.50. The summed E-state index contributed by atoms with van der Waals surface area (Å²) in [5.74, 6) is 3.82. The van der Waals surface area contributed by atoms with Gasteiger partial charge in [0.15, 0.2) is 0 Å². The molecule has 3 saturated carbocycles. The zero-order valence-corrected chi connectivity index (χ0v) is 16.0. The van der Waals surface area contributed by atoms with Crippen LogP contribution in [0.5, 0.6) is 0 Å². The third kappa shape index (κ3) is 4.33. The summed E-state index contributed by atoms with van der Waals surface area (Å²) < 4.78 is 6.50. The molecule has 0 saturated heterocycles. The van der Waals surface area contributed by atoms with E-state index in [-0.39, 0.29) is 0 Å². The third-order valence-corrected chi connectivity index (χ3v) is 7.61. The quantitative estimate of drug-likeness (QED) is 0.535. The molecule has 3 aliphatic rings. The van der Waals surface area contributed by atoms with Gasteiger partial charge in [-0.15, -0.1) is 0 Å². The van der Waals surface area contributed by atoms with E-state index >= 15 is 0 Å². The van der Waals surface area contributed by atoms with E-state index in [9.17, 15) is 0 Å². The smallest absolute Gasteiger partial charge is 0.0603 e. The van der Waals surface area contributed by atoms with E-state index in [0.29, 0.717) is 11.5 Å². The first-order valence-electron chi connectivity index (χ1n) is 10.7. The summed E-state index contributed by atoms with van der Waals surface area (Å²) in [6.07, 6.45) is 17.8. The van der Waals surface area contributed by atoms with Gasteiger partial charge >= 0.3 is 0 Å². The van der Waals surface area contributed by atoms with Gasteiger partial charge in [-0.05, 0) is 74.5 Å². The predicted molar refractivity (Wildman–Crippen MR) is 98.6 cm³/mol. The van der Waals surface area contributed by atoms with E-state index in [2.05, 4.69) is 20.8 Å². The Bertz CT molecular complexity index is 355. The number of hydrogen-bond acceptors (Lipinski definition) is 1. The van der Waals surface area contributed by atoms with Gasteiger partial charge in [0.25, 0.3) is 0 Å². The van der Waals surface area contributed by atoms with Gasteiger partial charge in [0.05, 0.1) is 6.10 Å². The highest BCUT2D eigenvalue weighted by atomic mass is 16.5. The Labute approximate surface area is 144 Å². The fourth-order valence-corrected chi connectivity index (χ4v) is 6.44. The molecule has 3 fully saturated rings. The van der Waals surface area contributed by atoms with Crippen LogP contribution in [0.15, 0.2) is 0 Å². The molecule has 23 heavy (non-hydrogen) atoms. The lowest BCUT2D eigenvalue weighted by atomic mass is 9.54. The van der Waals surface area contributed by atoms with Crippen LogP contribution in [0.3, 0.4) is 0 Å². The second-order valence-corrected chi connectivity index (χ2v) is 9.50. The van der Waals surface area contributed by atoms with E-state index < -0.39 is 0 Å². The Kier molecular flexibility index (Phi) is 6.10. The molecule has 0 amide bonds. The highest BCUT2D eigenvalue weighted by Gasteiger charge is 2.48. The van der Waals surface area contributed by atoms with Gasteiger partial charge in [0.2, 0.25) is 0 Å². The number of ether oxygens (including phenoxy) is 1. The van der Waals surface area contributed by atoms with Crippen LogP contribution in [0.2, 0.25) is 0 Å². The molecule has 0 radical (unpaired) electrons. The fourth-order valence-electron chi connectivity index (χ4n) is 6.44. The van der Waals surface area contributed by atoms with Crippen molar-refractivity contribution in [1.29, 1.82) is 0 Å². The molecule has 3 aliphatic carbocycles. The number of fused-ring (bicyclic) bond motifs is 2. The Morgan fingerprint density at radius 2 is 1.78 bits per heavy atom. The highest BCUT2D eigenvalue weighted by Crippen LogP contribution is 2.55. The van der Waals surface area contributed by atoms with Gasteiger partial charge < -0.3 is 4.74 Å². The van der Waals surface area contributed by atoms with E-state index in [1.807, 2.05) is 0 Å². The van der Waals surface area contributed by atoms with Crippen molar-refractivity contribution in [2.75, 3.05) is 6.61 Å². The topological polar surface area (TPSA) is 9.23 Å². The minimum Gasteiger partial charge on any atom is -0.378 e. The van der Waals surface area contributed by atoms with Gasteiger partial charge in [-0.1, -0.05) is 52.4 Å². The Morgan fingerprint density at radius 1 is 1.00 bits per heavy atom. The summed E-state index contributed by atoms with van der Waals surface area (Å²) in [7, 11) is 0. The minimum atomic E-state index is 0.477. The number of rotatable bonds is 6. The van der Waals surface area contributed by atoms with Crippen LogP contribution in [0, 0.1) is 29.1 Å². The zero-order valence-electron chi connectivity index (χ0n) is 16.0. The first-order chi connectivity index (χ1) is 11.1. The molecule has 134 valence electrons. The molecule has 0 aliphatic heterocycles. The third-order valence-electron chi connectivity index (χ3n) is 7.61. The van der Waals surface area contributed by atoms with Crippen LogP contribution in [-0.4, -0.2) is 12.7 Å². The van der Waals surface area contributed by atoms with E-state index in [1.165, 1.54) is 77.0 Å². The van der Waals surface area contributed by atoms with Crippen LogP contribution in [0.1, 0.15) is 97.8 Å². The maximum atomic E-state index is 6.50. The Balaban J connectivity index is 1.54. The molecule has 0 aromatic heterocycles. The molecule has 0 aromatic carbocycles. The summed E-state index contributed by atoms with van der Waals surface area (Å²) in [5, 5.41) is 0. The van der Waals surface area contributed by atoms with Crippen LogP contribution in [0.4, 0.5) is 0 Å². The molecule has 0 aromatic rings. The summed E-state index contributed by atoms with van der Waals surface area (Å²) in [6, 6.07) is 0. The highest BCUT2D eigenvalue weighted by molar-refractivity contribution is 4.98. The van der Waals surface area contributed by atoms with E-state index in [4.69, 9.17) is 4.74 Å². The number of hydrogen-bond donors (Lipinski definition) is 0. The lowest BCUT2D eigenvalue weighted by molar-refractivity contribution is -0.106. The van der Waals surface area contributed by atoms with Crippen molar-refractivity contribution in [3.63, 3.8) is 0 Å². The minimum absolute atomic E-state index is 0.477. The SMILES string of the molecule is CCC1CC2CC(C)CC(C(C)OCCC3CCCCC3)(C1)C2. The van der Waals surface area contributed by atoms with Gasteiger partial charge in [0, 0.05) is 6.61 Å². The molecule has 1 nitrogen and oxygen atoms in total. The summed E-state index contributed by atoms with van der Waals surface area (Å²) >= 11 is 0. The fraction of sp³-hybridized carbons (Fsp3) is 1.00. The summed E-state index contributed by atoms with van der Waals surface area (Å²) in [6.45, 7) is 8.32. The predicted octanol–water partition coefficient (Wildman–Crippen LogP) is 6.60. The first kappa shape index (κ1) is 17.8. The van der Waals surface area contributed by atoms with Gasteiger partial charge in [0.1, 0.15) is 0 Å². The maximum Gasteiger partial charge on any atom is 0.0603 e. The maximum absolute atomic E-state index is 6.50. The van der Waals surface area contributed by atoms with Crippen molar-refractivity contribution in [3.05, 3.63) is 0 Å². The Hall–Kier alpha value is -0.0400. The van der Waals surface area contributed by atoms with Crippen molar-refractivity contribution in [2.45, 2.75) is 104 Å². The van der Waals surface area contributed by atoms with Crippen molar-refractivity contribution in [2.24, 2.45) is 29.1 Å². The lowest BCUT2D eigenvalue weighted by Crippen LogP contribution is -2.47. The van der Waals surface area contributed by atoms with Crippen LogP contribution in [-0.2, 0) is 4.74 Å². The Morgan fingerprint density at radius 3 is 2.52 bits per heavy atom. The van der Waals surface area contributed by atoms with Crippen molar-refractivity contribution < 1.29 is 4.74 Å².